The quantitative estimate of drug-likeness (QED) is 0.505. The summed E-state index contributed by atoms with van der Waals surface area (Å²) in [5.41, 5.74) is 1.04. The average Bonchev–Trinajstić information content (AvgIpc) is 3.38. The summed E-state index contributed by atoms with van der Waals surface area (Å²) in [6, 6.07) is 8.26. The number of carbonyl (C=O) groups excluding carboxylic acids is 1. The van der Waals surface area contributed by atoms with Crippen molar-refractivity contribution in [2.45, 2.75) is 47.7 Å². The molecule has 1 aromatic carbocycles. The Kier molecular flexibility index (Phi) is 0.291. The molecule has 10 saturated heterocycles. The molecule has 20 heavy (non-hydrogen) atoms. The predicted molar refractivity (Wildman–Crippen MR) is 74.9 cm³/mol. The van der Waals surface area contributed by atoms with Gasteiger partial charge in [-0.1, -0.05) is 0 Å². The van der Waals surface area contributed by atoms with Crippen LogP contribution in [-0.2, 0) is 6.51 Å². The summed E-state index contributed by atoms with van der Waals surface area (Å²) in [5.74, 6) is 0.650. The van der Waals surface area contributed by atoms with Crippen LogP contribution in [0.25, 0.3) is 0 Å². The molecule has 1 spiro atoms. The van der Waals surface area contributed by atoms with Crippen molar-refractivity contribution in [3.63, 3.8) is 0 Å². The van der Waals surface area contributed by atoms with Crippen LogP contribution < -0.4 is 0 Å². The third-order valence-corrected chi connectivity index (χ3v) is 59.1. The van der Waals surface area contributed by atoms with Gasteiger partial charge < -0.3 is 0 Å². The van der Waals surface area contributed by atoms with Crippen LogP contribution in [0.4, 0.5) is 0 Å². The minimum absolute atomic E-state index is 0.378. The molecule has 10 aliphatic heterocycles. The second-order valence-electron chi connectivity index (χ2n) is 11.5. The number of rotatable bonds is 2. The van der Waals surface area contributed by atoms with E-state index in [1.807, 2.05) is 6.07 Å². The molecule has 4 atom stereocenters. The Morgan fingerprint density at radius 3 is 1.90 bits per heavy atom. The second kappa shape index (κ2) is 0.732. The molecule has 0 amide bonds. The summed E-state index contributed by atoms with van der Waals surface area (Å²) in [4.78, 5) is 24.5. The molecular weight excluding hydrogens is 356 g/mol. The van der Waals surface area contributed by atoms with E-state index in [1.54, 1.807) is 0 Å². The molecular formula is C17H13BrFeO. The molecule has 0 aromatic heterocycles. The van der Waals surface area contributed by atoms with E-state index in [-0.39, 0.29) is 0 Å². The standard InChI is InChI=1S/C12H8BrO.C5H5.Fe/c13-11-8-4-3-7-10(11)12(14)9-5-1-2-6-9;1-2-4-5-3-1;/h1-8H;1-5H;. The van der Waals surface area contributed by atoms with Gasteiger partial charge in [0.05, 0.1) is 0 Å². The first-order valence-electron chi connectivity index (χ1n) is 7.98. The average molecular weight is 369 g/mol. The topological polar surface area (TPSA) is 17.1 Å². The van der Waals surface area contributed by atoms with Crippen LogP contribution in [0.15, 0.2) is 28.7 Å². The molecule has 0 N–H and O–H groups in total. The van der Waals surface area contributed by atoms with Crippen LogP contribution >= 0.6 is 15.9 Å². The molecule has 1 aromatic rings. The van der Waals surface area contributed by atoms with Gasteiger partial charge >= 0.3 is 115 Å². The predicted octanol–water partition coefficient (Wildman–Crippen LogP) is 5.39. The zero-order valence-corrected chi connectivity index (χ0v) is 13.3. The molecule has 0 aliphatic carbocycles. The molecule has 4 unspecified atom stereocenters. The van der Waals surface area contributed by atoms with Gasteiger partial charge in [0, 0.05) is 0 Å². The molecule has 11 rings (SSSR count). The number of ketones is 1. The second-order valence-corrected chi connectivity index (χ2v) is 35.9. The number of carbonyl (C=O) groups is 1. The van der Waals surface area contributed by atoms with Crippen LogP contribution in [0.1, 0.15) is 10.4 Å². The zero-order valence-electron chi connectivity index (χ0n) is 10.6. The van der Waals surface area contributed by atoms with Gasteiger partial charge in [-0.05, 0) is 0 Å². The molecule has 102 valence electrons. The van der Waals surface area contributed by atoms with Crippen molar-refractivity contribution in [2.24, 2.45) is 0 Å². The summed E-state index contributed by atoms with van der Waals surface area (Å²) in [7, 11) is 0. The van der Waals surface area contributed by atoms with Crippen molar-refractivity contribution < 1.29 is 11.3 Å². The van der Waals surface area contributed by atoms with Crippen molar-refractivity contribution in [2.75, 3.05) is 0 Å². The van der Waals surface area contributed by atoms with Crippen molar-refractivity contribution >= 4 is 21.7 Å². The summed E-state index contributed by atoms with van der Waals surface area (Å²) in [6.07, 6.45) is 0. The molecule has 1 nitrogen and oxygen atoms in total. The van der Waals surface area contributed by atoms with Crippen LogP contribution in [-0.4, -0.2) is 5.78 Å². The fraction of sp³-hybridized carbons (Fsp3) is 0.588. The van der Waals surface area contributed by atoms with Crippen LogP contribution in [0.5, 0.6) is 0 Å². The van der Waals surface area contributed by atoms with Gasteiger partial charge in [-0.3, -0.25) is 0 Å². The molecule has 10 heterocycles. The molecule has 3 heteroatoms. The normalized spacial score (nSPS) is 103. The van der Waals surface area contributed by atoms with Gasteiger partial charge in [0.15, 0.2) is 0 Å². The van der Waals surface area contributed by atoms with E-state index >= 15 is 0 Å². The third-order valence-electron chi connectivity index (χ3n) is 16.1. The van der Waals surface area contributed by atoms with E-state index in [1.165, 1.54) is 33.7 Å². The van der Waals surface area contributed by atoms with E-state index < -0.39 is 6.51 Å². The summed E-state index contributed by atoms with van der Waals surface area (Å²) in [6.45, 7) is -3.24. The Hall–Kier alpha value is -0.111. The first kappa shape index (κ1) is 7.94. The maximum absolute atomic E-state index is 13.6. The van der Waals surface area contributed by atoms with Gasteiger partial charge in [-0.2, -0.15) is 0 Å². The molecule has 0 bridgehead atoms. The first-order chi connectivity index (χ1) is 9.47. The minimum atomic E-state index is -3.24. The molecule has 0 radical (unpaired) electrons. The molecule has 0 saturated carbocycles. The number of hydrogen-bond acceptors (Lipinski definition) is 1. The monoisotopic (exact) mass is 368 g/mol. The van der Waals surface area contributed by atoms with Gasteiger partial charge in [0.1, 0.15) is 0 Å². The molecule has 10 fully saturated rings. The number of Topliss-reactive ketones (excluding diaryl/α,β-unsaturated/α-hetero) is 1. The number of fused-ring (bicyclic) bond motifs is 10. The van der Waals surface area contributed by atoms with Gasteiger partial charge in [0.25, 0.3) is 0 Å². The van der Waals surface area contributed by atoms with E-state index in [0.29, 0.717) is 10.1 Å². The molecule has 10 aliphatic rings. The van der Waals surface area contributed by atoms with E-state index in [9.17, 15) is 4.79 Å². The van der Waals surface area contributed by atoms with Crippen molar-refractivity contribution in [3.8, 4) is 0 Å². The Balaban J connectivity index is 1.42. The van der Waals surface area contributed by atoms with Gasteiger partial charge in [-0.25, -0.2) is 0 Å². The first-order valence-corrected chi connectivity index (χ1v) is 15.1. The van der Waals surface area contributed by atoms with Crippen LogP contribution in [0.2, 0.25) is 47.7 Å². The number of benzene rings is 1. The van der Waals surface area contributed by atoms with Crippen molar-refractivity contribution in [1.82, 2.24) is 0 Å². The Labute approximate surface area is 114 Å². The third kappa shape index (κ3) is 0.0933. The number of hydrogen-bond donors (Lipinski definition) is 0. The Morgan fingerprint density at radius 2 is 1.50 bits per heavy atom. The zero-order chi connectivity index (χ0) is 12.6. The Bertz CT molecular complexity index is 1180. The van der Waals surface area contributed by atoms with Gasteiger partial charge in [-0.15, -0.1) is 0 Å². The maximum atomic E-state index is 13.6. The summed E-state index contributed by atoms with van der Waals surface area (Å²) in [5, 5.41) is 0. The SMILES string of the molecule is O=C(c1ccccc1Br)[C]12[CH]3[CH]4[CH]5[CH]1[Fe]45321678[CH]2[CH]1[CH]6[CH]7[CH]28. The fourth-order valence-corrected chi connectivity index (χ4v) is 91.9. The number of halogens is 1. The van der Waals surface area contributed by atoms with Crippen molar-refractivity contribution in [1.29, 1.82) is 0 Å². The summed E-state index contributed by atoms with van der Waals surface area (Å²) < 4.78 is 1.43. The summed E-state index contributed by atoms with van der Waals surface area (Å²) >= 11 is 3.66. The Morgan fingerprint density at radius 1 is 0.950 bits per heavy atom. The van der Waals surface area contributed by atoms with E-state index in [4.69, 9.17) is 0 Å². The van der Waals surface area contributed by atoms with Crippen LogP contribution in [0.3, 0.4) is 0 Å². The van der Waals surface area contributed by atoms with Gasteiger partial charge in [0.2, 0.25) is 0 Å². The van der Waals surface area contributed by atoms with E-state index in [0.717, 1.165) is 19.7 Å². The fourth-order valence-electron chi connectivity index (χ4n) is 17.7. The van der Waals surface area contributed by atoms with Crippen LogP contribution in [0, 0.1) is 0 Å². The van der Waals surface area contributed by atoms with E-state index in [2.05, 4.69) is 34.1 Å². The van der Waals surface area contributed by atoms with Crippen molar-refractivity contribution in [3.05, 3.63) is 34.3 Å².